The van der Waals surface area contributed by atoms with Gasteiger partial charge in [0.15, 0.2) is 5.13 Å². The highest BCUT2D eigenvalue weighted by Crippen LogP contribution is 2.33. The van der Waals surface area contributed by atoms with E-state index in [0.717, 1.165) is 53.9 Å². The summed E-state index contributed by atoms with van der Waals surface area (Å²) in [4.78, 5) is 32.9. The lowest BCUT2D eigenvalue weighted by molar-refractivity contribution is -0.131. The number of benzene rings is 1. The smallest absolute Gasteiger partial charge is 0.269 e. The third-order valence-corrected chi connectivity index (χ3v) is 7.36. The van der Waals surface area contributed by atoms with Crippen molar-refractivity contribution < 1.29 is 19.1 Å². The van der Waals surface area contributed by atoms with Crippen molar-refractivity contribution in [1.29, 1.82) is 0 Å². The maximum atomic E-state index is 12.3. The number of pyridine rings is 1. The molecule has 3 aromatic rings. The second kappa shape index (κ2) is 10.6. The van der Waals surface area contributed by atoms with Gasteiger partial charge in [-0.1, -0.05) is 11.3 Å². The number of amides is 2. The van der Waals surface area contributed by atoms with Gasteiger partial charge in [-0.2, -0.15) is 0 Å². The summed E-state index contributed by atoms with van der Waals surface area (Å²) >= 11 is 1.59. The first-order chi connectivity index (χ1) is 17.1. The van der Waals surface area contributed by atoms with Crippen molar-refractivity contribution in [3.63, 3.8) is 0 Å². The molecule has 0 bridgehead atoms. The number of ether oxygens (including phenoxy) is 2. The Morgan fingerprint density at radius 2 is 1.86 bits per heavy atom. The van der Waals surface area contributed by atoms with Gasteiger partial charge in [-0.25, -0.2) is 4.98 Å². The first-order valence-corrected chi connectivity index (χ1v) is 12.8. The van der Waals surface area contributed by atoms with Crippen molar-refractivity contribution in [2.45, 2.75) is 56.7 Å². The number of rotatable bonds is 7. The maximum Gasteiger partial charge on any atom is 0.269 e. The zero-order valence-electron chi connectivity index (χ0n) is 19.6. The normalized spacial score (nSPS) is 22.0. The summed E-state index contributed by atoms with van der Waals surface area (Å²) < 4.78 is 12.5. The molecule has 3 N–H and O–H groups in total. The molecule has 1 saturated heterocycles. The number of nitrogens with one attached hydrogen (secondary N) is 3. The number of carbonyl (C=O) groups excluding carboxylic acids is 2. The topological polar surface area (TPSA) is 114 Å². The quantitative estimate of drug-likeness (QED) is 0.456. The number of fused-ring (bicyclic) bond motifs is 1. The molecule has 1 aliphatic heterocycles. The molecule has 9 nitrogen and oxygen atoms in total. The fraction of sp³-hybridized carbons (Fsp3) is 0.440. The summed E-state index contributed by atoms with van der Waals surface area (Å²) in [6, 6.07) is 9.64. The van der Waals surface area contributed by atoms with E-state index in [4.69, 9.17) is 14.5 Å². The van der Waals surface area contributed by atoms with Crippen LogP contribution in [0.4, 0.5) is 5.13 Å². The summed E-state index contributed by atoms with van der Waals surface area (Å²) in [5, 5.41) is 10.2. The van der Waals surface area contributed by atoms with Crippen LogP contribution in [0.1, 0.15) is 49.0 Å². The van der Waals surface area contributed by atoms with Gasteiger partial charge in [0.05, 0.1) is 10.2 Å². The van der Waals surface area contributed by atoms with Gasteiger partial charge in [0, 0.05) is 44.1 Å². The molecule has 35 heavy (non-hydrogen) atoms. The van der Waals surface area contributed by atoms with Crippen molar-refractivity contribution in [3.05, 3.63) is 42.2 Å². The lowest BCUT2D eigenvalue weighted by Crippen LogP contribution is -2.44. The van der Waals surface area contributed by atoms with Gasteiger partial charge in [-0.3, -0.25) is 14.6 Å². The summed E-state index contributed by atoms with van der Waals surface area (Å²) in [7, 11) is 1.57. The average Bonchev–Trinajstić information content (AvgIpc) is 3.55. The molecule has 0 unspecified atom stereocenters. The molecule has 5 rings (SSSR count). The Morgan fingerprint density at radius 1 is 1.06 bits per heavy atom. The Morgan fingerprint density at radius 3 is 2.63 bits per heavy atom. The van der Waals surface area contributed by atoms with Gasteiger partial charge in [0.25, 0.3) is 5.91 Å². The van der Waals surface area contributed by atoms with E-state index in [1.165, 1.54) is 0 Å². The molecular formula is C25H29N5O4S. The number of hydrogen-bond donors (Lipinski definition) is 3. The van der Waals surface area contributed by atoms with E-state index < -0.39 is 0 Å². The highest BCUT2D eigenvalue weighted by atomic mass is 32.1. The lowest BCUT2D eigenvalue weighted by atomic mass is 9.91. The minimum Gasteiger partial charge on any atom is -0.457 e. The molecule has 0 radical (unpaired) electrons. The Labute approximate surface area is 207 Å². The minimum atomic E-state index is -0.265. The second-order valence-corrected chi connectivity index (χ2v) is 9.94. The number of thiazole rings is 1. The van der Waals surface area contributed by atoms with Crippen LogP contribution in [-0.4, -0.2) is 53.6 Å². The third-order valence-electron chi connectivity index (χ3n) is 6.41. The predicted octanol–water partition coefficient (Wildman–Crippen LogP) is 3.86. The molecule has 10 heteroatoms. The molecule has 2 aliphatic rings. The first kappa shape index (κ1) is 23.5. The molecular weight excluding hydrogens is 466 g/mol. The van der Waals surface area contributed by atoms with Gasteiger partial charge in [0.1, 0.15) is 23.3 Å². The van der Waals surface area contributed by atoms with Gasteiger partial charge >= 0.3 is 0 Å². The monoisotopic (exact) mass is 495 g/mol. The molecule has 3 heterocycles. The Hall–Kier alpha value is -3.24. The van der Waals surface area contributed by atoms with Crippen LogP contribution in [0.15, 0.2) is 36.5 Å². The summed E-state index contributed by atoms with van der Waals surface area (Å²) in [6.45, 7) is 0.687. The molecule has 2 fully saturated rings. The summed E-state index contributed by atoms with van der Waals surface area (Å²) in [5.74, 6) is 0.997. The molecule has 1 aromatic carbocycles. The van der Waals surface area contributed by atoms with Crippen LogP contribution >= 0.6 is 11.3 Å². The fourth-order valence-electron chi connectivity index (χ4n) is 4.53. The van der Waals surface area contributed by atoms with Gasteiger partial charge < -0.3 is 25.4 Å². The highest BCUT2D eigenvalue weighted by molar-refractivity contribution is 7.22. The minimum absolute atomic E-state index is 0.0414. The van der Waals surface area contributed by atoms with Crippen LogP contribution in [0.3, 0.4) is 0 Å². The molecule has 2 amide bonds. The van der Waals surface area contributed by atoms with E-state index in [1.54, 1.807) is 36.7 Å². The summed E-state index contributed by atoms with van der Waals surface area (Å²) in [6.07, 6.45) is 6.94. The van der Waals surface area contributed by atoms with Crippen LogP contribution in [0.2, 0.25) is 0 Å². The second-order valence-electron chi connectivity index (χ2n) is 8.91. The fourth-order valence-corrected chi connectivity index (χ4v) is 5.50. The van der Waals surface area contributed by atoms with Crippen molar-refractivity contribution >= 4 is 38.5 Å². The van der Waals surface area contributed by atoms with Crippen LogP contribution in [0, 0.1) is 0 Å². The van der Waals surface area contributed by atoms with Crippen LogP contribution in [-0.2, 0) is 9.53 Å². The van der Waals surface area contributed by atoms with Gasteiger partial charge in [0.2, 0.25) is 5.91 Å². The molecule has 2 aromatic heterocycles. The number of carbonyl (C=O) groups is 2. The Kier molecular flexibility index (Phi) is 7.10. The van der Waals surface area contributed by atoms with E-state index in [0.29, 0.717) is 29.8 Å². The van der Waals surface area contributed by atoms with E-state index in [-0.39, 0.29) is 24.0 Å². The van der Waals surface area contributed by atoms with Gasteiger partial charge in [-0.05, 0) is 56.7 Å². The van der Waals surface area contributed by atoms with Gasteiger partial charge in [-0.15, -0.1) is 0 Å². The molecule has 1 atom stereocenters. The first-order valence-electron chi connectivity index (χ1n) is 12.0. The van der Waals surface area contributed by atoms with Crippen LogP contribution in [0.25, 0.3) is 10.2 Å². The van der Waals surface area contributed by atoms with E-state index in [2.05, 4.69) is 20.9 Å². The number of nitrogens with zero attached hydrogens (tertiary/aromatic N) is 2. The largest absolute Gasteiger partial charge is 0.457 e. The van der Waals surface area contributed by atoms with Crippen molar-refractivity contribution in [3.8, 4) is 11.5 Å². The lowest BCUT2D eigenvalue weighted by Gasteiger charge is -2.30. The van der Waals surface area contributed by atoms with E-state index >= 15 is 0 Å². The molecule has 0 spiro atoms. The average molecular weight is 496 g/mol. The maximum absolute atomic E-state index is 12.3. The summed E-state index contributed by atoms with van der Waals surface area (Å²) in [5.41, 5.74) is 1.21. The SMILES string of the molecule is CNC(=O)c1cc(Oc2ccc3nc(N[C@H]4CC[C@H](NC(=O)[C@@H]5CCCO5)CC4)sc3c2)ccn1. The Bertz CT molecular complexity index is 1200. The third kappa shape index (κ3) is 5.71. The molecule has 1 saturated carbocycles. The van der Waals surface area contributed by atoms with Crippen LogP contribution in [0.5, 0.6) is 11.5 Å². The van der Waals surface area contributed by atoms with Crippen molar-refractivity contribution in [2.24, 2.45) is 0 Å². The predicted molar refractivity (Wildman–Crippen MR) is 134 cm³/mol. The standard InChI is InChI=1S/C25H29N5O4S/c1-26-23(31)20-13-18(10-11-27-20)34-17-8-9-19-22(14-17)35-25(30-19)29-16-6-4-15(5-7-16)28-24(32)21-3-2-12-33-21/h8-11,13-16,21H,2-7,12H2,1H3,(H,26,31)(H,28,32)(H,29,30)/t15-,16-,21-/m0/s1. The zero-order valence-corrected chi connectivity index (χ0v) is 20.4. The number of anilines is 1. The molecule has 1 aliphatic carbocycles. The van der Waals surface area contributed by atoms with E-state index in [1.807, 2.05) is 18.2 Å². The van der Waals surface area contributed by atoms with E-state index in [9.17, 15) is 9.59 Å². The zero-order chi connectivity index (χ0) is 24.2. The van der Waals surface area contributed by atoms with Crippen molar-refractivity contribution in [1.82, 2.24) is 20.6 Å². The highest BCUT2D eigenvalue weighted by Gasteiger charge is 2.28. The van der Waals surface area contributed by atoms with Crippen molar-refractivity contribution in [2.75, 3.05) is 19.0 Å². The number of hydrogen-bond acceptors (Lipinski definition) is 8. The van der Waals surface area contributed by atoms with Crippen LogP contribution < -0.4 is 20.7 Å². The number of aromatic nitrogens is 2. The Balaban J connectivity index is 1.16. The molecule has 184 valence electrons.